The number of aryl methyl sites for hydroxylation is 1. The number of nitrogens with two attached hydrogens (primary N) is 1. The maximum absolute atomic E-state index is 13.1. The summed E-state index contributed by atoms with van der Waals surface area (Å²) >= 11 is 0. The summed E-state index contributed by atoms with van der Waals surface area (Å²) in [5, 5.41) is 9.72. The van der Waals surface area contributed by atoms with Crippen molar-refractivity contribution in [2.75, 3.05) is 6.54 Å². The Morgan fingerprint density at radius 1 is 1.19 bits per heavy atom. The Morgan fingerprint density at radius 3 is 2.33 bits per heavy atom. The first-order valence-electron chi connectivity index (χ1n) is 6.73. The van der Waals surface area contributed by atoms with Crippen molar-refractivity contribution in [2.45, 2.75) is 18.8 Å². The molecule has 3 nitrogen and oxygen atoms in total. The molecule has 0 heterocycles. The minimum atomic E-state index is -1.25. The van der Waals surface area contributed by atoms with Gasteiger partial charge in [0.2, 0.25) is 0 Å². The van der Waals surface area contributed by atoms with E-state index >= 15 is 0 Å². The molecule has 0 aliphatic rings. The van der Waals surface area contributed by atoms with Crippen molar-refractivity contribution < 1.29 is 14.3 Å². The third-order valence-electron chi connectivity index (χ3n) is 3.91. The highest BCUT2D eigenvalue weighted by Gasteiger charge is 2.39. The average molecular weight is 287 g/mol. The second kappa shape index (κ2) is 6.06. The van der Waals surface area contributed by atoms with Crippen LogP contribution in [0.25, 0.3) is 0 Å². The van der Waals surface area contributed by atoms with E-state index in [1.54, 1.807) is 0 Å². The molecule has 1 unspecified atom stereocenters. The van der Waals surface area contributed by atoms with E-state index in [0.29, 0.717) is 5.56 Å². The third-order valence-corrected chi connectivity index (χ3v) is 3.91. The van der Waals surface area contributed by atoms with Crippen LogP contribution >= 0.6 is 0 Å². The van der Waals surface area contributed by atoms with E-state index in [4.69, 9.17) is 5.73 Å². The van der Waals surface area contributed by atoms with Crippen LogP contribution in [0, 0.1) is 12.7 Å². The molecule has 0 spiro atoms. The Bertz CT molecular complexity index is 639. The largest absolute Gasteiger partial charge is 0.481 e. The van der Waals surface area contributed by atoms with Crippen molar-refractivity contribution in [3.05, 3.63) is 71.0 Å². The molecule has 0 saturated heterocycles. The predicted octanol–water partition coefficient (Wildman–Crippen LogP) is 2.66. The van der Waals surface area contributed by atoms with E-state index in [0.717, 1.165) is 11.1 Å². The van der Waals surface area contributed by atoms with Crippen molar-refractivity contribution in [1.82, 2.24) is 0 Å². The van der Waals surface area contributed by atoms with Gasteiger partial charge in [-0.2, -0.15) is 0 Å². The highest BCUT2D eigenvalue weighted by molar-refractivity contribution is 5.82. The summed E-state index contributed by atoms with van der Waals surface area (Å²) in [5.74, 6) is -1.40. The molecule has 21 heavy (non-hydrogen) atoms. The lowest BCUT2D eigenvalue weighted by molar-refractivity contribution is -0.143. The van der Waals surface area contributed by atoms with Crippen LogP contribution < -0.4 is 5.73 Å². The molecule has 0 aromatic heterocycles. The number of carboxylic acids is 1. The number of carbonyl (C=O) groups is 1. The second-order valence-corrected chi connectivity index (χ2v) is 5.20. The standard InChI is InChI=1S/C17H18FNO2/c1-12-4-2-3-5-13(12)10-17(11-19,16(20)21)14-6-8-15(18)9-7-14/h2-9H,10-11,19H2,1H3,(H,20,21). The van der Waals surface area contributed by atoms with Crippen LogP contribution in [0.1, 0.15) is 16.7 Å². The summed E-state index contributed by atoms with van der Waals surface area (Å²) in [5.41, 5.74) is 7.01. The molecule has 4 heteroatoms. The van der Waals surface area contributed by atoms with E-state index in [2.05, 4.69) is 0 Å². The lowest BCUT2D eigenvalue weighted by Crippen LogP contribution is -2.45. The van der Waals surface area contributed by atoms with Gasteiger partial charge in [0.05, 0.1) is 0 Å². The van der Waals surface area contributed by atoms with Crippen LogP contribution in [0.3, 0.4) is 0 Å². The van der Waals surface area contributed by atoms with Crippen LogP contribution in [0.5, 0.6) is 0 Å². The van der Waals surface area contributed by atoms with Crippen molar-refractivity contribution in [3.63, 3.8) is 0 Å². The molecule has 0 aliphatic heterocycles. The van der Waals surface area contributed by atoms with Gasteiger partial charge in [0.25, 0.3) is 0 Å². The quantitative estimate of drug-likeness (QED) is 0.888. The Labute approximate surface area is 123 Å². The molecular weight excluding hydrogens is 269 g/mol. The lowest BCUT2D eigenvalue weighted by Gasteiger charge is -2.29. The van der Waals surface area contributed by atoms with Gasteiger partial charge in [0.15, 0.2) is 0 Å². The molecule has 2 aromatic rings. The van der Waals surface area contributed by atoms with Crippen LogP contribution in [0.4, 0.5) is 4.39 Å². The first kappa shape index (κ1) is 15.2. The zero-order valence-corrected chi connectivity index (χ0v) is 11.8. The smallest absolute Gasteiger partial charge is 0.315 e. The molecule has 0 radical (unpaired) electrons. The molecule has 2 rings (SSSR count). The molecule has 0 aliphatic carbocycles. The van der Waals surface area contributed by atoms with Crippen LogP contribution in [0.2, 0.25) is 0 Å². The maximum atomic E-state index is 13.1. The SMILES string of the molecule is Cc1ccccc1CC(CN)(C(=O)O)c1ccc(F)cc1. The van der Waals surface area contributed by atoms with Gasteiger partial charge in [-0.1, -0.05) is 36.4 Å². The second-order valence-electron chi connectivity index (χ2n) is 5.20. The van der Waals surface area contributed by atoms with Gasteiger partial charge in [-0.25, -0.2) is 4.39 Å². The summed E-state index contributed by atoms with van der Waals surface area (Å²) in [4.78, 5) is 11.9. The minimum Gasteiger partial charge on any atom is -0.481 e. The molecule has 0 bridgehead atoms. The number of benzene rings is 2. The monoisotopic (exact) mass is 287 g/mol. The summed E-state index contributed by atoms with van der Waals surface area (Å²) in [6, 6.07) is 13.1. The van der Waals surface area contributed by atoms with Crippen molar-refractivity contribution >= 4 is 5.97 Å². The number of rotatable bonds is 5. The van der Waals surface area contributed by atoms with Gasteiger partial charge < -0.3 is 10.8 Å². The first-order chi connectivity index (χ1) is 9.99. The van der Waals surface area contributed by atoms with E-state index in [1.165, 1.54) is 24.3 Å². The van der Waals surface area contributed by atoms with Gasteiger partial charge in [0, 0.05) is 6.54 Å². The number of aliphatic carboxylic acids is 1. The molecule has 0 amide bonds. The maximum Gasteiger partial charge on any atom is 0.315 e. The molecule has 3 N–H and O–H groups in total. The topological polar surface area (TPSA) is 63.3 Å². The Morgan fingerprint density at radius 2 is 1.81 bits per heavy atom. The van der Waals surface area contributed by atoms with Crippen molar-refractivity contribution in [2.24, 2.45) is 5.73 Å². The first-order valence-corrected chi connectivity index (χ1v) is 6.73. The van der Waals surface area contributed by atoms with Gasteiger partial charge in [-0.3, -0.25) is 4.79 Å². The summed E-state index contributed by atoms with van der Waals surface area (Å²) < 4.78 is 13.1. The number of hydrogen-bond donors (Lipinski definition) is 2. The molecule has 0 fully saturated rings. The normalized spacial score (nSPS) is 13.7. The predicted molar refractivity (Wildman–Crippen MR) is 79.7 cm³/mol. The fourth-order valence-electron chi connectivity index (χ4n) is 2.48. The Hall–Kier alpha value is -2.20. The van der Waals surface area contributed by atoms with E-state index < -0.39 is 17.2 Å². The molecule has 0 saturated carbocycles. The number of hydrogen-bond acceptors (Lipinski definition) is 2. The lowest BCUT2D eigenvalue weighted by atomic mass is 9.75. The zero-order valence-electron chi connectivity index (χ0n) is 11.8. The van der Waals surface area contributed by atoms with Crippen LogP contribution in [-0.4, -0.2) is 17.6 Å². The van der Waals surface area contributed by atoms with Crippen molar-refractivity contribution in [3.8, 4) is 0 Å². The van der Waals surface area contributed by atoms with Crippen LogP contribution in [-0.2, 0) is 16.6 Å². The number of carboxylic acid groups (broad SMARTS) is 1. The van der Waals surface area contributed by atoms with Gasteiger partial charge >= 0.3 is 5.97 Å². The molecule has 1 atom stereocenters. The summed E-state index contributed by atoms with van der Waals surface area (Å²) in [6.07, 6.45) is 0.275. The van der Waals surface area contributed by atoms with E-state index in [-0.39, 0.29) is 13.0 Å². The fraction of sp³-hybridized carbons (Fsp3) is 0.235. The molecule has 110 valence electrons. The van der Waals surface area contributed by atoms with Crippen LogP contribution in [0.15, 0.2) is 48.5 Å². The zero-order chi connectivity index (χ0) is 15.5. The number of halogens is 1. The Balaban J connectivity index is 2.50. The summed E-state index contributed by atoms with van der Waals surface area (Å²) in [6.45, 7) is 1.88. The van der Waals surface area contributed by atoms with Gasteiger partial charge in [-0.05, 0) is 42.2 Å². The average Bonchev–Trinajstić information content (AvgIpc) is 2.47. The Kier molecular flexibility index (Phi) is 4.38. The molecule has 2 aromatic carbocycles. The van der Waals surface area contributed by atoms with E-state index in [1.807, 2.05) is 31.2 Å². The highest BCUT2D eigenvalue weighted by atomic mass is 19.1. The fourth-order valence-corrected chi connectivity index (χ4v) is 2.48. The third kappa shape index (κ3) is 2.95. The summed E-state index contributed by atoms with van der Waals surface area (Å²) in [7, 11) is 0. The minimum absolute atomic E-state index is 0.0533. The van der Waals surface area contributed by atoms with Gasteiger partial charge in [-0.15, -0.1) is 0 Å². The highest BCUT2D eigenvalue weighted by Crippen LogP contribution is 2.29. The van der Waals surface area contributed by atoms with E-state index in [9.17, 15) is 14.3 Å². The van der Waals surface area contributed by atoms with Crippen molar-refractivity contribution in [1.29, 1.82) is 0 Å². The van der Waals surface area contributed by atoms with Gasteiger partial charge in [0.1, 0.15) is 11.2 Å². The molecular formula is C17H18FNO2.